The summed E-state index contributed by atoms with van der Waals surface area (Å²) in [4.78, 5) is 9.15. The number of nitro groups is 1. The van der Waals surface area contributed by atoms with Crippen molar-refractivity contribution in [2.24, 2.45) is 0 Å². The molecule has 0 amide bonds. The first kappa shape index (κ1) is 15.6. The minimum atomic E-state index is -4.09. The van der Waals surface area contributed by atoms with Gasteiger partial charge >= 0.3 is 0 Å². The molecule has 2 N–H and O–H groups in total. The molecule has 0 aliphatic carbocycles. The Hall–Kier alpha value is -1.74. The van der Waals surface area contributed by atoms with E-state index in [1.807, 2.05) is 6.92 Å². The van der Waals surface area contributed by atoms with Crippen molar-refractivity contribution in [1.29, 1.82) is 0 Å². The number of hydrogen-bond donors (Lipinski definition) is 1. The van der Waals surface area contributed by atoms with E-state index in [4.69, 9.17) is 5.73 Å². The van der Waals surface area contributed by atoms with E-state index in [0.717, 1.165) is 6.07 Å². The molecule has 7 nitrogen and oxygen atoms in total. The van der Waals surface area contributed by atoms with Crippen molar-refractivity contribution in [3.63, 3.8) is 0 Å². The molecule has 21 heavy (non-hydrogen) atoms. The number of benzene rings is 1. The van der Waals surface area contributed by atoms with Gasteiger partial charge in [0.25, 0.3) is 5.69 Å². The van der Waals surface area contributed by atoms with Crippen LogP contribution in [0.1, 0.15) is 26.2 Å². The summed E-state index contributed by atoms with van der Waals surface area (Å²) in [6.07, 6.45) is 2.03. The highest BCUT2D eigenvalue weighted by atomic mass is 32.2. The minimum absolute atomic E-state index is 0.191. The number of nitro benzene ring substituents is 1. The molecule has 1 aliphatic rings. The fourth-order valence-electron chi connectivity index (χ4n) is 2.63. The van der Waals surface area contributed by atoms with Crippen molar-refractivity contribution >= 4 is 21.4 Å². The Morgan fingerprint density at radius 1 is 1.52 bits per heavy atom. The Labute approximate surface area is 121 Å². The summed E-state index contributed by atoms with van der Waals surface area (Å²) in [7, 11) is -4.09. The summed E-state index contributed by atoms with van der Waals surface area (Å²) in [5, 5.41) is 10.6. The second-order valence-electron chi connectivity index (χ2n) is 4.92. The summed E-state index contributed by atoms with van der Waals surface area (Å²) in [6.45, 7) is 2.16. The Morgan fingerprint density at radius 2 is 2.19 bits per heavy atom. The molecule has 1 saturated heterocycles. The first-order chi connectivity index (χ1) is 9.78. The van der Waals surface area contributed by atoms with Crippen molar-refractivity contribution < 1.29 is 17.7 Å². The van der Waals surface area contributed by atoms with Gasteiger partial charge in [0.1, 0.15) is 4.90 Å². The third kappa shape index (κ3) is 2.70. The second kappa shape index (κ2) is 5.57. The van der Waals surface area contributed by atoms with E-state index in [9.17, 15) is 22.9 Å². The summed E-state index contributed by atoms with van der Waals surface area (Å²) in [5.41, 5.74) is 4.54. The highest BCUT2D eigenvalue weighted by Gasteiger charge is 2.37. The molecular weight excluding hydrogens is 301 g/mol. The average molecular weight is 317 g/mol. The van der Waals surface area contributed by atoms with Crippen LogP contribution in [0.5, 0.6) is 0 Å². The maximum absolute atomic E-state index is 14.1. The Bertz CT molecular complexity index is 654. The van der Waals surface area contributed by atoms with Crippen LogP contribution in [-0.2, 0) is 10.0 Å². The molecule has 1 aromatic rings. The lowest BCUT2D eigenvalue weighted by Gasteiger charge is -2.23. The zero-order chi connectivity index (χ0) is 15.8. The first-order valence-electron chi connectivity index (χ1n) is 6.54. The van der Waals surface area contributed by atoms with Crippen LogP contribution in [0.3, 0.4) is 0 Å². The monoisotopic (exact) mass is 317 g/mol. The predicted molar refractivity (Wildman–Crippen MR) is 74.7 cm³/mol. The fourth-order valence-corrected chi connectivity index (χ4v) is 4.54. The lowest BCUT2D eigenvalue weighted by Crippen LogP contribution is -2.36. The number of nitrogens with zero attached hydrogens (tertiary/aromatic N) is 2. The Kier molecular flexibility index (Phi) is 4.15. The zero-order valence-electron chi connectivity index (χ0n) is 11.5. The van der Waals surface area contributed by atoms with Crippen LogP contribution >= 0.6 is 0 Å². The van der Waals surface area contributed by atoms with E-state index in [1.165, 1.54) is 4.31 Å². The standard InChI is InChI=1S/C12H16FN3O4S/c1-2-8-4-3-5-15(8)21(19,20)12-10(13)6-9(16(17)18)7-11(12)14/h6-8H,2-5,14H2,1H3. The van der Waals surface area contributed by atoms with Gasteiger partial charge in [0, 0.05) is 18.7 Å². The molecule has 1 aromatic carbocycles. The number of rotatable bonds is 4. The van der Waals surface area contributed by atoms with Gasteiger partial charge in [-0.15, -0.1) is 0 Å². The van der Waals surface area contributed by atoms with Crippen LogP contribution in [0, 0.1) is 15.9 Å². The third-order valence-corrected chi connectivity index (χ3v) is 5.67. The van der Waals surface area contributed by atoms with E-state index in [1.54, 1.807) is 0 Å². The number of halogens is 1. The van der Waals surface area contributed by atoms with Gasteiger partial charge in [-0.05, 0) is 19.3 Å². The Morgan fingerprint density at radius 3 is 2.71 bits per heavy atom. The summed E-state index contributed by atoms with van der Waals surface area (Å²) in [6, 6.07) is 1.26. The van der Waals surface area contributed by atoms with Crippen LogP contribution in [0.15, 0.2) is 17.0 Å². The predicted octanol–water partition coefficient (Wildman–Crippen LogP) is 1.88. The normalized spacial score (nSPS) is 19.8. The minimum Gasteiger partial charge on any atom is -0.397 e. The van der Waals surface area contributed by atoms with E-state index >= 15 is 0 Å². The molecule has 1 heterocycles. The average Bonchev–Trinajstić information content (AvgIpc) is 2.86. The van der Waals surface area contributed by atoms with Crippen LogP contribution in [0.4, 0.5) is 15.8 Å². The van der Waals surface area contributed by atoms with Gasteiger partial charge < -0.3 is 5.73 Å². The maximum Gasteiger partial charge on any atom is 0.274 e. The van der Waals surface area contributed by atoms with E-state index in [-0.39, 0.29) is 6.04 Å². The summed E-state index contributed by atoms with van der Waals surface area (Å²) in [5.74, 6) is -1.19. The highest BCUT2D eigenvalue weighted by Crippen LogP contribution is 2.34. The van der Waals surface area contributed by atoms with Crippen LogP contribution < -0.4 is 5.73 Å². The van der Waals surface area contributed by atoms with E-state index in [0.29, 0.717) is 31.9 Å². The molecule has 2 rings (SSSR count). The van der Waals surface area contributed by atoms with Crippen molar-refractivity contribution in [3.05, 3.63) is 28.1 Å². The Balaban J connectivity index is 2.53. The van der Waals surface area contributed by atoms with Gasteiger partial charge in [-0.1, -0.05) is 6.92 Å². The molecule has 0 aromatic heterocycles. The summed E-state index contributed by atoms with van der Waals surface area (Å²) >= 11 is 0. The molecule has 116 valence electrons. The number of sulfonamides is 1. The quantitative estimate of drug-likeness (QED) is 0.518. The fraction of sp³-hybridized carbons (Fsp3) is 0.500. The largest absolute Gasteiger partial charge is 0.397 e. The first-order valence-corrected chi connectivity index (χ1v) is 7.98. The van der Waals surface area contributed by atoms with Gasteiger partial charge in [0.15, 0.2) is 5.82 Å². The number of nitrogen functional groups attached to an aromatic ring is 1. The molecule has 0 spiro atoms. The molecule has 1 atom stereocenters. The van der Waals surface area contributed by atoms with E-state index in [2.05, 4.69) is 0 Å². The van der Waals surface area contributed by atoms with Crippen LogP contribution in [0.2, 0.25) is 0 Å². The molecule has 0 bridgehead atoms. The van der Waals surface area contributed by atoms with E-state index < -0.39 is 37.0 Å². The van der Waals surface area contributed by atoms with Crippen molar-refractivity contribution in [2.75, 3.05) is 12.3 Å². The highest BCUT2D eigenvalue weighted by molar-refractivity contribution is 7.89. The molecule has 0 saturated carbocycles. The SMILES string of the molecule is CCC1CCCN1S(=O)(=O)c1c(N)cc([N+](=O)[O-])cc1F. The van der Waals surface area contributed by atoms with Crippen molar-refractivity contribution in [3.8, 4) is 0 Å². The molecule has 1 fully saturated rings. The molecule has 1 aliphatic heterocycles. The van der Waals surface area contributed by atoms with Crippen LogP contribution in [0.25, 0.3) is 0 Å². The van der Waals surface area contributed by atoms with Crippen molar-refractivity contribution in [1.82, 2.24) is 4.31 Å². The molecule has 1 unspecified atom stereocenters. The number of nitrogens with two attached hydrogens (primary N) is 1. The number of hydrogen-bond acceptors (Lipinski definition) is 5. The lowest BCUT2D eigenvalue weighted by molar-refractivity contribution is -0.385. The smallest absolute Gasteiger partial charge is 0.274 e. The molecule has 0 radical (unpaired) electrons. The van der Waals surface area contributed by atoms with Gasteiger partial charge in [-0.25, -0.2) is 12.8 Å². The summed E-state index contributed by atoms with van der Waals surface area (Å²) < 4.78 is 40.4. The second-order valence-corrected chi connectivity index (χ2v) is 6.75. The molecule has 9 heteroatoms. The number of anilines is 1. The zero-order valence-corrected chi connectivity index (χ0v) is 12.3. The third-order valence-electron chi connectivity index (χ3n) is 3.63. The van der Waals surface area contributed by atoms with Crippen molar-refractivity contribution in [2.45, 2.75) is 37.1 Å². The van der Waals surface area contributed by atoms with Gasteiger partial charge in [0.2, 0.25) is 10.0 Å². The molecular formula is C12H16FN3O4S. The lowest BCUT2D eigenvalue weighted by atomic mass is 10.2. The number of non-ortho nitro benzene ring substituents is 1. The van der Waals surface area contributed by atoms with Gasteiger partial charge in [-0.2, -0.15) is 4.31 Å². The van der Waals surface area contributed by atoms with Crippen LogP contribution in [-0.4, -0.2) is 30.2 Å². The van der Waals surface area contributed by atoms with Gasteiger partial charge in [0.05, 0.1) is 16.7 Å². The van der Waals surface area contributed by atoms with Gasteiger partial charge in [-0.3, -0.25) is 10.1 Å². The maximum atomic E-state index is 14.1. The topological polar surface area (TPSA) is 107 Å².